The zero-order chi connectivity index (χ0) is 14.7. The highest BCUT2D eigenvalue weighted by atomic mass is 16.5. The van der Waals surface area contributed by atoms with Crippen LogP contribution in [0.15, 0.2) is 48.5 Å². The fourth-order valence-electron chi connectivity index (χ4n) is 2.65. The average molecular weight is 281 g/mol. The van der Waals surface area contributed by atoms with Crippen molar-refractivity contribution >= 4 is 11.5 Å². The van der Waals surface area contributed by atoms with E-state index in [1.807, 2.05) is 55.5 Å². The molecule has 1 aliphatic rings. The number of carbonyl (C=O) groups is 1. The van der Waals surface area contributed by atoms with Crippen LogP contribution in [0.25, 0.3) is 0 Å². The van der Waals surface area contributed by atoms with Gasteiger partial charge in [0.15, 0.2) is 5.78 Å². The van der Waals surface area contributed by atoms with Crippen molar-refractivity contribution in [1.82, 2.24) is 0 Å². The minimum absolute atomic E-state index is 0.149. The molecule has 2 aromatic carbocycles. The first-order chi connectivity index (χ1) is 10.2. The molecule has 2 aromatic rings. The van der Waals surface area contributed by atoms with E-state index < -0.39 is 0 Å². The van der Waals surface area contributed by atoms with E-state index in [9.17, 15) is 4.79 Å². The van der Waals surface area contributed by atoms with Crippen LogP contribution >= 0.6 is 0 Å². The first kappa shape index (κ1) is 13.7. The molecule has 0 radical (unpaired) electrons. The Balaban J connectivity index is 1.83. The molecule has 0 saturated carbocycles. The lowest BCUT2D eigenvalue weighted by Gasteiger charge is -2.23. The second kappa shape index (κ2) is 6.00. The van der Waals surface area contributed by atoms with Crippen molar-refractivity contribution in [3.05, 3.63) is 59.7 Å². The van der Waals surface area contributed by atoms with E-state index in [4.69, 9.17) is 4.74 Å². The summed E-state index contributed by atoms with van der Waals surface area (Å²) in [6.07, 6.45) is 0.926. The van der Waals surface area contributed by atoms with Crippen molar-refractivity contribution in [3.8, 4) is 5.75 Å². The maximum atomic E-state index is 12.5. The van der Waals surface area contributed by atoms with Gasteiger partial charge in [-0.05, 0) is 31.5 Å². The number of carbonyl (C=O) groups excluding carboxylic acids is 1. The molecule has 0 fully saturated rings. The normalized spacial score (nSPS) is 14.0. The first-order valence-corrected chi connectivity index (χ1v) is 7.31. The zero-order valence-corrected chi connectivity index (χ0v) is 12.2. The highest BCUT2D eigenvalue weighted by Gasteiger charge is 2.19. The fraction of sp³-hybridized carbons (Fsp3) is 0.278. The van der Waals surface area contributed by atoms with E-state index in [1.165, 1.54) is 0 Å². The Morgan fingerprint density at radius 3 is 2.90 bits per heavy atom. The third-order valence-corrected chi connectivity index (χ3v) is 3.71. The van der Waals surface area contributed by atoms with Gasteiger partial charge in [0.05, 0.1) is 18.8 Å². The highest BCUT2D eigenvalue weighted by molar-refractivity contribution is 5.99. The maximum Gasteiger partial charge on any atom is 0.182 e. The van der Waals surface area contributed by atoms with Crippen LogP contribution in [0, 0.1) is 6.92 Å². The molecule has 0 unspecified atom stereocenters. The molecule has 3 rings (SSSR count). The molecular formula is C18H19NO2. The van der Waals surface area contributed by atoms with Crippen molar-refractivity contribution in [1.29, 1.82) is 0 Å². The second-order valence-corrected chi connectivity index (χ2v) is 5.38. The van der Waals surface area contributed by atoms with Gasteiger partial charge in [-0.25, -0.2) is 0 Å². The van der Waals surface area contributed by atoms with E-state index >= 15 is 0 Å². The minimum Gasteiger partial charge on any atom is -0.491 e. The monoisotopic (exact) mass is 281 g/mol. The number of ether oxygens (including phenoxy) is 1. The largest absolute Gasteiger partial charge is 0.491 e. The van der Waals surface area contributed by atoms with Crippen LogP contribution in [-0.4, -0.2) is 25.5 Å². The zero-order valence-electron chi connectivity index (χ0n) is 12.2. The van der Waals surface area contributed by atoms with E-state index in [-0.39, 0.29) is 5.78 Å². The number of anilines is 1. The molecule has 0 amide bonds. The number of hydrogen-bond acceptors (Lipinski definition) is 3. The van der Waals surface area contributed by atoms with Crippen LogP contribution < -0.4 is 9.64 Å². The predicted octanol–water partition coefficient (Wildman–Crippen LogP) is 3.47. The molecule has 3 nitrogen and oxygen atoms in total. The molecule has 0 spiro atoms. The van der Waals surface area contributed by atoms with Crippen LogP contribution in [0.4, 0.5) is 5.69 Å². The molecule has 0 bridgehead atoms. The first-order valence-electron chi connectivity index (χ1n) is 7.31. The summed E-state index contributed by atoms with van der Waals surface area (Å²) in [5.41, 5.74) is 2.90. The molecule has 0 N–H and O–H groups in total. The number of aryl methyl sites for hydroxylation is 1. The van der Waals surface area contributed by atoms with Gasteiger partial charge < -0.3 is 9.64 Å². The van der Waals surface area contributed by atoms with Crippen molar-refractivity contribution < 1.29 is 9.53 Å². The summed E-state index contributed by atoms with van der Waals surface area (Å²) in [7, 11) is 0. The Morgan fingerprint density at radius 1 is 1.19 bits per heavy atom. The molecular weight excluding hydrogens is 262 g/mol. The molecule has 0 aliphatic carbocycles. The lowest BCUT2D eigenvalue weighted by molar-refractivity contribution is 0.0999. The number of benzene rings is 2. The van der Waals surface area contributed by atoms with Gasteiger partial charge in [-0.15, -0.1) is 0 Å². The summed E-state index contributed by atoms with van der Waals surface area (Å²) in [6.45, 7) is 3.94. The molecule has 108 valence electrons. The summed E-state index contributed by atoms with van der Waals surface area (Å²) >= 11 is 0. The van der Waals surface area contributed by atoms with Gasteiger partial charge in [-0.3, -0.25) is 4.79 Å². The predicted molar refractivity (Wildman–Crippen MR) is 84.3 cm³/mol. The smallest absolute Gasteiger partial charge is 0.182 e. The number of ketones is 1. The van der Waals surface area contributed by atoms with Gasteiger partial charge in [-0.1, -0.05) is 35.9 Å². The van der Waals surface area contributed by atoms with Crippen molar-refractivity contribution in [2.75, 3.05) is 24.6 Å². The van der Waals surface area contributed by atoms with Crippen molar-refractivity contribution in [3.63, 3.8) is 0 Å². The van der Waals surface area contributed by atoms with E-state index in [2.05, 4.69) is 4.90 Å². The number of Topliss-reactive ketones (excluding diaryl/α,β-unsaturated/α-hetero) is 1. The van der Waals surface area contributed by atoms with Crippen molar-refractivity contribution in [2.45, 2.75) is 13.3 Å². The molecule has 21 heavy (non-hydrogen) atoms. The summed E-state index contributed by atoms with van der Waals surface area (Å²) in [5, 5.41) is 0. The van der Waals surface area contributed by atoms with Crippen LogP contribution in [0.1, 0.15) is 22.3 Å². The highest BCUT2D eigenvalue weighted by Crippen LogP contribution is 2.30. The second-order valence-electron chi connectivity index (χ2n) is 5.38. The van der Waals surface area contributed by atoms with Crippen LogP contribution in [0.3, 0.4) is 0 Å². The van der Waals surface area contributed by atoms with Crippen LogP contribution in [-0.2, 0) is 0 Å². The molecule has 1 aliphatic heterocycles. The number of nitrogens with zero attached hydrogens (tertiary/aromatic N) is 1. The third kappa shape index (κ3) is 3.07. The lowest BCUT2D eigenvalue weighted by Crippen LogP contribution is -2.30. The van der Waals surface area contributed by atoms with Gasteiger partial charge in [0.2, 0.25) is 0 Å². The Kier molecular flexibility index (Phi) is 3.91. The number of para-hydroxylation sites is 2. The van der Waals surface area contributed by atoms with Gasteiger partial charge in [0, 0.05) is 12.1 Å². The molecule has 0 aromatic heterocycles. The van der Waals surface area contributed by atoms with Gasteiger partial charge in [0.1, 0.15) is 5.75 Å². The fourth-order valence-corrected chi connectivity index (χ4v) is 2.65. The SMILES string of the molecule is Cc1cccc(C(=O)CN2CCCOc3ccccc32)c1. The Bertz CT molecular complexity index is 651. The summed E-state index contributed by atoms with van der Waals surface area (Å²) in [4.78, 5) is 14.6. The average Bonchev–Trinajstić information content (AvgIpc) is 2.70. The van der Waals surface area contributed by atoms with Gasteiger partial charge >= 0.3 is 0 Å². The summed E-state index contributed by atoms with van der Waals surface area (Å²) in [5.74, 6) is 1.02. The number of rotatable bonds is 3. The van der Waals surface area contributed by atoms with Crippen molar-refractivity contribution in [2.24, 2.45) is 0 Å². The van der Waals surface area contributed by atoms with E-state index in [0.717, 1.165) is 35.5 Å². The lowest BCUT2D eigenvalue weighted by atomic mass is 10.1. The Labute approximate surface area is 125 Å². The number of fused-ring (bicyclic) bond motifs is 1. The molecule has 0 saturated heterocycles. The Hall–Kier alpha value is -2.29. The summed E-state index contributed by atoms with van der Waals surface area (Å²) in [6, 6.07) is 15.7. The van der Waals surface area contributed by atoms with Crippen LogP contribution in [0.2, 0.25) is 0 Å². The van der Waals surface area contributed by atoms with E-state index in [0.29, 0.717) is 13.2 Å². The topological polar surface area (TPSA) is 29.5 Å². The van der Waals surface area contributed by atoms with Crippen LogP contribution in [0.5, 0.6) is 5.75 Å². The molecule has 1 heterocycles. The Morgan fingerprint density at radius 2 is 2.05 bits per heavy atom. The maximum absolute atomic E-state index is 12.5. The number of hydrogen-bond donors (Lipinski definition) is 0. The molecule has 3 heteroatoms. The van der Waals surface area contributed by atoms with Gasteiger partial charge in [0.25, 0.3) is 0 Å². The third-order valence-electron chi connectivity index (χ3n) is 3.71. The molecule has 0 atom stereocenters. The standard InChI is InChI=1S/C18H19NO2/c1-14-6-4-7-15(12-14)17(20)13-19-10-5-11-21-18-9-3-2-8-16(18)19/h2-4,6-9,12H,5,10-11,13H2,1H3. The minimum atomic E-state index is 0.149. The van der Waals surface area contributed by atoms with Gasteiger partial charge in [-0.2, -0.15) is 0 Å². The quantitative estimate of drug-likeness (QED) is 0.807. The van der Waals surface area contributed by atoms with E-state index in [1.54, 1.807) is 0 Å². The summed E-state index contributed by atoms with van der Waals surface area (Å²) < 4.78 is 5.73.